The maximum Gasteiger partial charge on any atom is 0.271 e. The number of nitrogens with zero attached hydrogens (tertiary/aromatic N) is 3. The van der Waals surface area contributed by atoms with Crippen LogP contribution in [0.2, 0.25) is 0 Å². The molecule has 8 heteroatoms. The van der Waals surface area contributed by atoms with Crippen LogP contribution in [0, 0.1) is 5.92 Å². The molecule has 2 rings (SSSR count). The highest BCUT2D eigenvalue weighted by molar-refractivity contribution is 7.91. The molecule has 0 radical (unpaired) electrons. The smallest absolute Gasteiger partial charge is 0.271 e. The molecule has 0 spiro atoms. The Balaban J connectivity index is 1.95. The lowest BCUT2D eigenvalue weighted by Crippen LogP contribution is -2.33. The zero-order chi connectivity index (χ0) is 17.0. The van der Waals surface area contributed by atoms with Crippen molar-refractivity contribution in [2.75, 3.05) is 30.0 Å². The topological polar surface area (TPSA) is 92.3 Å². The van der Waals surface area contributed by atoms with Gasteiger partial charge in [0.15, 0.2) is 21.3 Å². The molecule has 23 heavy (non-hydrogen) atoms. The van der Waals surface area contributed by atoms with E-state index in [9.17, 15) is 13.2 Å². The second kappa shape index (κ2) is 7.25. The predicted molar refractivity (Wildman–Crippen MR) is 89.3 cm³/mol. The van der Waals surface area contributed by atoms with Crippen molar-refractivity contribution in [2.45, 2.75) is 32.7 Å². The van der Waals surface area contributed by atoms with Crippen LogP contribution < -0.4 is 10.2 Å². The third-order valence-electron chi connectivity index (χ3n) is 4.01. The van der Waals surface area contributed by atoms with Gasteiger partial charge in [0.05, 0.1) is 11.5 Å². The van der Waals surface area contributed by atoms with Crippen molar-refractivity contribution in [3.63, 3.8) is 0 Å². The Labute approximate surface area is 137 Å². The van der Waals surface area contributed by atoms with Gasteiger partial charge in [-0.3, -0.25) is 4.79 Å². The molecular weight excluding hydrogens is 316 g/mol. The second-order valence-corrected chi connectivity index (χ2v) is 8.61. The predicted octanol–water partition coefficient (Wildman–Crippen LogP) is 0.876. The van der Waals surface area contributed by atoms with E-state index in [2.05, 4.69) is 29.4 Å². The summed E-state index contributed by atoms with van der Waals surface area (Å²) in [4.78, 5) is 13.8. The molecule has 1 saturated heterocycles. The van der Waals surface area contributed by atoms with Crippen LogP contribution >= 0.6 is 0 Å². The van der Waals surface area contributed by atoms with E-state index in [1.165, 1.54) is 0 Å². The normalized spacial score (nSPS) is 19.7. The zero-order valence-corrected chi connectivity index (χ0v) is 14.6. The molecule has 1 atom stereocenters. The summed E-state index contributed by atoms with van der Waals surface area (Å²) in [6.07, 6.45) is 1.51. The second-order valence-electron chi connectivity index (χ2n) is 6.38. The van der Waals surface area contributed by atoms with Gasteiger partial charge in [-0.2, -0.15) is 0 Å². The van der Waals surface area contributed by atoms with Gasteiger partial charge in [-0.05, 0) is 30.9 Å². The average molecular weight is 340 g/mol. The van der Waals surface area contributed by atoms with Gasteiger partial charge < -0.3 is 10.2 Å². The van der Waals surface area contributed by atoms with Gasteiger partial charge in [-0.15, -0.1) is 10.2 Å². The van der Waals surface area contributed by atoms with Crippen molar-refractivity contribution in [1.29, 1.82) is 0 Å². The molecule has 128 valence electrons. The Kier molecular flexibility index (Phi) is 5.56. The van der Waals surface area contributed by atoms with Crippen LogP contribution in [0.15, 0.2) is 12.1 Å². The summed E-state index contributed by atoms with van der Waals surface area (Å²) >= 11 is 0. The van der Waals surface area contributed by atoms with Gasteiger partial charge in [0.2, 0.25) is 0 Å². The number of carbonyl (C=O) groups is 1. The van der Waals surface area contributed by atoms with Gasteiger partial charge in [-0.1, -0.05) is 13.8 Å². The first-order valence-corrected chi connectivity index (χ1v) is 9.66. The lowest BCUT2D eigenvalue weighted by atomic mass is 10.1. The molecule has 1 unspecified atom stereocenters. The fourth-order valence-corrected chi connectivity index (χ4v) is 4.24. The lowest BCUT2D eigenvalue weighted by Gasteiger charge is -2.23. The van der Waals surface area contributed by atoms with Crippen LogP contribution in [0.25, 0.3) is 0 Å². The van der Waals surface area contributed by atoms with Crippen LogP contribution in [0.1, 0.15) is 37.2 Å². The van der Waals surface area contributed by atoms with Crippen molar-refractivity contribution < 1.29 is 13.2 Å². The summed E-state index contributed by atoms with van der Waals surface area (Å²) in [7, 11) is -1.14. The molecule has 1 amide bonds. The molecule has 7 nitrogen and oxygen atoms in total. The van der Waals surface area contributed by atoms with Gasteiger partial charge in [0, 0.05) is 19.6 Å². The van der Waals surface area contributed by atoms with Crippen molar-refractivity contribution in [2.24, 2.45) is 5.92 Å². The van der Waals surface area contributed by atoms with Gasteiger partial charge >= 0.3 is 0 Å². The van der Waals surface area contributed by atoms with Crippen LogP contribution in [-0.2, 0) is 9.84 Å². The van der Waals surface area contributed by atoms with E-state index in [-0.39, 0.29) is 29.1 Å². The standard InChI is InChI=1S/C15H24N4O3S/c1-11(2)6-8-16-15(20)13-4-5-14(18-17-13)19(3)12-7-9-23(21,22)10-12/h4-5,11-12H,6-10H2,1-3H3,(H,16,20). The molecule has 1 aromatic heterocycles. The number of hydrogen-bond donors (Lipinski definition) is 1. The Hall–Kier alpha value is -1.70. The van der Waals surface area contributed by atoms with E-state index >= 15 is 0 Å². The van der Waals surface area contributed by atoms with Crippen molar-refractivity contribution in [3.8, 4) is 0 Å². The number of aromatic nitrogens is 2. The largest absolute Gasteiger partial charge is 0.354 e. The summed E-state index contributed by atoms with van der Waals surface area (Å²) in [5.41, 5.74) is 0.268. The SMILES string of the molecule is CC(C)CCNC(=O)c1ccc(N(C)C2CCS(=O)(=O)C2)nn1. The lowest BCUT2D eigenvalue weighted by molar-refractivity contribution is 0.0946. The highest BCUT2D eigenvalue weighted by Gasteiger charge is 2.31. The van der Waals surface area contributed by atoms with Crippen LogP contribution in [0.3, 0.4) is 0 Å². The van der Waals surface area contributed by atoms with E-state index in [0.29, 0.717) is 24.7 Å². The van der Waals surface area contributed by atoms with Crippen LogP contribution in [0.4, 0.5) is 5.82 Å². The Bertz CT molecular complexity index is 643. The van der Waals surface area contributed by atoms with Crippen LogP contribution in [0.5, 0.6) is 0 Å². The highest BCUT2D eigenvalue weighted by Crippen LogP contribution is 2.20. The van der Waals surface area contributed by atoms with Gasteiger partial charge in [-0.25, -0.2) is 8.42 Å². The molecule has 1 aliphatic rings. The summed E-state index contributed by atoms with van der Waals surface area (Å²) in [5.74, 6) is 1.22. The first-order chi connectivity index (χ1) is 10.8. The van der Waals surface area contributed by atoms with E-state index in [1.807, 2.05) is 4.90 Å². The van der Waals surface area contributed by atoms with Crippen molar-refractivity contribution in [1.82, 2.24) is 15.5 Å². The molecule has 1 aromatic rings. The minimum absolute atomic E-state index is 0.0833. The molecule has 1 N–H and O–H groups in total. The number of carbonyl (C=O) groups excluding carboxylic acids is 1. The number of sulfone groups is 1. The first-order valence-electron chi connectivity index (χ1n) is 7.83. The van der Waals surface area contributed by atoms with Gasteiger partial charge in [0.25, 0.3) is 5.91 Å². The van der Waals surface area contributed by atoms with E-state index in [4.69, 9.17) is 0 Å². The quantitative estimate of drug-likeness (QED) is 0.826. The number of amides is 1. The molecule has 1 aliphatic heterocycles. The van der Waals surface area contributed by atoms with Gasteiger partial charge in [0.1, 0.15) is 0 Å². The van der Waals surface area contributed by atoms with Crippen LogP contribution in [-0.4, -0.2) is 55.7 Å². The number of hydrogen-bond acceptors (Lipinski definition) is 6. The molecule has 2 heterocycles. The first kappa shape index (κ1) is 17.7. The summed E-state index contributed by atoms with van der Waals surface area (Å²) in [6, 6.07) is 3.24. The maximum absolute atomic E-state index is 11.9. The number of rotatable bonds is 6. The number of nitrogens with one attached hydrogen (secondary N) is 1. The molecule has 0 bridgehead atoms. The fourth-order valence-electron chi connectivity index (χ4n) is 2.47. The maximum atomic E-state index is 11.9. The summed E-state index contributed by atoms with van der Waals surface area (Å²) in [6.45, 7) is 4.80. The Morgan fingerprint density at radius 1 is 1.39 bits per heavy atom. The fraction of sp³-hybridized carbons (Fsp3) is 0.667. The summed E-state index contributed by atoms with van der Waals surface area (Å²) < 4.78 is 23.1. The minimum Gasteiger partial charge on any atom is -0.354 e. The molecule has 0 aromatic carbocycles. The molecule has 1 fully saturated rings. The summed E-state index contributed by atoms with van der Waals surface area (Å²) in [5, 5.41) is 10.8. The Morgan fingerprint density at radius 2 is 2.13 bits per heavy atom. The van der Waals surface area contributed by atoms with Crippen molar-refractivity contribution in [3.05, 3.63) is 17.8 Å². The van der Waals surface area contributed by atoms with Crippen molar-refractivity contribution >= 4 is 21.6 Å². The highest BCUT2D eigenvalue weighted by atomic mass is 32.2. The van der Waals surface area contributed by atoms with E-state index in [0.717, 1.165) is 6.42 Å². The number of anilines is 1. The third kappa shape index (κ3) is 4.89. The zero-order valence-electron chi connectivity index (χ0n) is 13.8. The third-order valence-corrected chi connectivity index (χ3v) is 5.76. The average Bonchev–Trinajstić information content (AvgIpc) is 2.86. The molecule has 0 aliphatic carbocycles. The monoisotopic (exact) mass is 340 g/mol. The minimum atomic E-state index is -2.94. The van der Waals surface area contributed by atoms with E-state index < -0.39 is 9.84 Å². The Morgan fingerprint density at radius 3 is 2.65 bits per heavy atom. The molecule has 0 saturated carbocycles. The molecular formula is C15H24N4O3S. The van der Waals surface area contributed by atoms with E-state index in [1.54, 1.807) is 19.2 Å².